The van der Waals surface area contributed by atoms with Crippen LogP contribution < -0.4 is 16.0 Å². The van der Waals surface area contributed by atoms with Gasteiger partial charge < -0.3 is 16.0 Å². The summed E-state index contributed by atoms with van der Waals surface area (Å²) in [6.45, 7) is 1.99. The predicted octanol–water partition coefficient (Wildman–Crippen LogP) is -0.229. The van der Waals surface area contributed by atoms with Crippen molar-refractivity contribution in [2.45, 2.75) is 38.1 Å². The molecule has 96 valence electrons. The largest absolute Gasteiger partial charge is 0.354 e. The van der Waals surface area contributed by atoms with Crippen molar-refractivity contribution in [1.29, 1.82) is 0 Å². The van der Waals surface area contributed by atoms with Gasteiger partial charge in [0.1, 0.15) is 0 Å². The number of carbonyl (C=O) groups is 2. The van der Waals surface area contributed by atoms with E-state index < -0.39 is 0 Å². The third-order valence-electron chi connectivity index (χ3n) is 3.30. The molecule has 0 aromatic carbocycles. The standard InChI is InChI=1S/C12H21N3O2/c16-11(9-4-5-9)14-7-8-15-12(17)10-3-1-2-6-13-10/h9-10,13H,1-8H2,(H,14,16)(H,15,17). The van der Waals surface area contributed by atoms with Gasteiger partial charge in [0.25, 0.3) is 0 Å². The lowest BCUT2D eigenvalue weighted by molar-refractivity contribution is -0.124. The topological polar surface area (TPSA) is 70.2 Å². The lowest BCUT2D eigenvalue weighted by atomic mass is 10.0. The monoisotopic (exact) mass is 239 g/mol. The molecule has 0 aromatic rings. The summed E-state index contributed by atoms with van der Waals surface area (Å²) in [4.78, 5) is 23.0. The first-order valence-electron chi connectivity index (χ1n) is 6.56. The maximum atomic E-state index is 11.7. The summed E-state index contributed by atoms with van der Waals surface area (Å²) >= 11 is 0. The molecule has 17 heavy (non-hydrogen) atoms. The van der Waals surface area contributed by atoms with E-state index >= 15 is 0 Å². The van der Waals surface area contributed by atoms with Gasteiger partial charge >= 0.3 is 0 Å². The predicted molar refractivity (Wildman–Crippen MR) is 64.4 cm³/mol. The SMILES string of the molecule is O=C(NCCNC(=O)C1CCCCN1)C1CC1. The zero-order valence-corrected chi connectivity index (χ0v) is 10.1. The van der Waals surface area contributed by atoms with E-state index in [2.05, 4.69) is 16.0 Å². The molecule has 0 aromatic heterocycles. The Morgan fingerprint density at radius 2 is 1.71 bits per heavy atom. The van der Waals surface area contributed by atoms with Crippen LogP contribution in [0.3, 0.4) is 0 Å². The quantitative estimate of drug-likeness (QED) is 0.580. The molecule has 1 aliphatic carbocycles. The van der Waals surface area contributed by atoms with Gasteiger partial charge in [-0.25, -0.2) is 0 Å². The fourth-order valence-electron chi connectivity index (χ4n) is 2.06. The van der Waals surface area contributed by atoms with E-state index in [1.165, 1.54) is 0 Å². The number of rotatable bonds is 5. The van der Waals surface area contributed by atoms with Gasteiger partial charge in [0.15, 0.2) is 0 Å². The van der Waals surface area contributed by atoms with Crippen molar-refractivity contribution >= 4 is 11.8 Å². The molecule has 1 unspecified atom stereocenters. The highest BCUT2D eigenvalue weighted by molar-refractivity contribution is 5.82. The molecule has 0 radical (unpaired) electrons. The van der Waals surface area contributed by atoms with E-state index in [-0.39, 0.29) is 23.8 Å². The number of nitrogens with one attached hydrogen (secondary N) is 3. The van der Waals surface area contributed by atoms with Crippen LogP contribution in [0.1, 0.15) is 32.1 Å². The van der Waals surface area contributed by atoms with E-state index in [0.29, 0.717) is 13.1 Å². The second kappa shape index (κ2) is 6.00. The zero-order chi connectivity index (χ0) is 12.1. The van der Waals surface area contributed by atoms with Crippen LogP contribution in [0.4, 0.5) is 0 Å². The van der Waals surface area contributed by atoms with Crippen LogP contribution in [0.2, 0.25) is 0 Å². The van der Waals surface area contributed by atoms with Gasteiger partial charge in [-0.15, -0.1) is 0 Å². The Bertz CT molecular complexity index is 283. The Morgan fingerprint density at radius 1 is 1.00 bits per heavy atom. The minimum atomic E-state index is -0.0390. The Hall–Kier alpha value is -1.10. The molecule has 2 amide bonds. The second-order valence-electron chi connectivity index (χ2n) is 4.86. The number of piperidine rings is 1. The Kier molecular flexibility index (Phi) is 4.36. The molecular weight excluding hydrogens is 218 g/mol. The minimum Gasteiger partial charge on any atom is -0.354 e. The van der Waals surface area contributed by atoms with Crippen LogP contribution in [0, 0.1) is 5.92 Å². The van der Waals surface area contributed by atoms with Crippen molar-refractivity contribution in [2.24, 2.45) is 5.92 Å². The molecule has 5 nitrogen and oxygen atoms in total. The first-order valence-corrected chi connectivity index (χ1v) is 6.56. The average molecular weight is 239 g/mol. The normalized spacial score (nSPS) is 24.1. The Labute approximate surface area is 102 Å². The van der Waals surface area contributed by atoms with Crippen LogP contribution >= 0.6 is 0 Å². The molecule has 1 aliphatic heterocycles. The summed E-state index contributed by atoms with van der Waals surface area (Å²) in [6.07, 6.45) is 5.22. The summed E-state index contributed by atoms with van der Waals surface area (Å²) in [5, 5.41) is 8.88. The highest BCUT2D eigenvalue weighted by atomic mass is 16.2. The van der Waals surface area contributed by atoms with E-state index in [9.17, 15) is 9.59 Å². The number of amides is 2. The molecule has 5 heteroatoms. The third-order valence-corrected chi connectivity index (χ3v) is 3.30. The average Bonchev–Trinajstić information content (AvgIpc) is 3.19. The second-order valence-corrected chi connectivity index (χ2v) is 4.86. The fourth-order valence-corrected chi connectivity index (χ4v) is 2.06. The Balaban J connectivity index is 1.54. The third kappa shape index (κ3) is 4.00. The summed E-state index contributed by atoms with van der Waals surface area (Å²) in [6, 6.07) is -0.0390. The van der Waals surface area contributed by atoms with E-state index in [4.69, 9.17) is 0 Å². The van der Waals surface area contributed by atoms with Crippen LogP contribution in [-0.2, 0) is 9.59 Å². The van der Waals surface area contributed by atoms with Crippen LogP contribution in [0.25, 0.3) is 0 Å². The molecule has 1 saturated carbocycles. The minimum absolute atomic E-state index is 0.0390. The Morgan fingerprint density at radius 3 is 2.29 bits per heavy atom. The van der Waals surface area contributed by atoms with Crippen molar-refractivity contribution in [3.05, 3.63) is 0 Å². The van der Waals surface area contributed by atoms with Gasteiger partial charge in [0.05, 0.1) is 6.04 Å². The van der Waals surface area contributed by atoms with Gasteiger partial charge in [0, 0.05) is 19.0 Å². The maximum Gasteiger partial charge on any atom is 0.237 e. The zero-order valence-electron chi connectivity index (χ0n) is 10.1. The fraction of sp³-hybridized carbons (Fsp3) is 0.833. The summed E-state index contributed by atoms with van der Waals surface area (Å²) in [5.74, 6) is 0.436. The van der Waals surface area contributed by atoms with Gasteiger partial charge in [0.2, 0.25) is 11.8 Å². The van der Waals surface area contributed by atoms with E-state index in [1.54, 1.807) is 0 Å². The van der Waals surface area contributed by atoms with Gasteiger partial charge in [-0.1, -0.05) is 6.42 Å². The molecule has 2 fully saturated rings. The van der Waals surface area contributed by atoms with Crippen molar-refractivity contribution in [2.75, 3.05) is 19.6 Å². The van der Waals surface area contributed by atoms with E-state index in [1.807, 2.05) is 0 Å². The van der Waals surface area contributed by atoms with Crippen LogP contribution in [-0.4, -0.2) is 37.5 Å². The first-order chi connectivity index (χ1) is 8.27. The molecule has 0 spiro atoms. The highest BCUT2D eigenvalue weighted by Gasteiger charge is 2.29. The van der Waals surface area contributed by atoms with Crippen molar-refractivity contribution in [3.63, 3.8) is 0 Å². The molecule has 1 atom stereocenters. The number of hydrogen-bond donors (Lipinski definition) is 3. The lowest BCUT2D eigenvalue weighted by Crippen LogP contribution is -2.48. The molecular formula is C12H21N3O2. The summed E-state index contributed by atoms with van der Waals surface area (Å²) in [7, 11) is 0. The number of hydrogen-bond acceptors (Lipinski definition) is 3. The highest BCUT2D eigenvalue weighted by Crippen LogP contribution is 2.28. The van der Waals surface area contributed by atoms with Crippen molar-refractivity contribution in [3.8, 4) is 0 Å². The molecule has 2 aliphatic rings. The van der Waals surface area contributed by atoms with Crippen molar-refractivity contribution in [1.82, 2.24) is 16.0 Å². The van der Waals surface area contributed by atoms with E-state index in [0.717, 1.165) is 38.6 Å². The summed E-state index contributed by atoms with van der Waals surface area (Å²) in [5.41, 5.74) is 0. The molecule has 1 saturated heterocycles. The smallest absolute Gasteiger partial charge is 0.237 e. The maximum absolute atomic E-state index is 11.7. The van der Waals surface area contributed by atoms with Crippen LogP contribution in [0.5, 0.6) is 0 Å². The number of carbonyl (C=O) groups excluding carboxylic acids is 2. The van der Waals surface area contributed by atoms with Gasteiger partial charge in [-0.05, 0) is 32.2 Å². The first kappa shape index (κ1) is 12.4. The molecule has 3 N–H and O–H groups in total. The molecule has 0 bridgehead atoms. The molecule has 2 rings (SSSR count). The van der Waals surface area contributed by atoms with Gasteiger partial charge in [-0.3, -0.25) is 9.59 Å². The van der Waals surface area contributed by atoms with Crippen LogP contribution in [0.15, 0.2) is 0 Å². The van der Waals surface area contributed by atoms with Gasteiger partial charge in [-0.2, -0.15) is 0 Å². The molecule has 1 heterocycles. The lowest BCUT2D eigenvalue weighted by Gasteiger charge is -2.22. The van der Waals surface area contributed by atoms with Crippen molar-refractivity contribution < 1.29 is 9.59 Å². The summed E-state index contributed by atoms with van der Waals surface area (Å²) < 4.78 is 0.